The van der Waals surface area contributed by atoms with Crippen LogP contribution in [-0.4, -0.2) is 7.11 Å². The lowest BCUT2D eigenvalue weighted by Crippen LogP contribution is -2.02. The number of benzene rings is 2. The maximum absolute atomic E-state index is 5.25. The first kappa shape index (κ1) is 14.4. The van der Waals surface area contributed by atoms with Gasteiger partial charge in [-0.25, -0.2) is 0 Å². The smallest absolute Gasteiger partial charge is 0.119 e. The molecule has 0 atom stereocenters. The van der Waals surface area contributed by atoms with E-state index < -0.39 is 0 Å². The van der Waals surface area contributed by atoms with Crippen molar-refractivity contribution in [2.45, 2.75) is 13.5 Å². The Hall–Kier alpha value is -1.00. The highest BCUT2D eigenvalue weighted by atomic mass is 79.9. The molecule has 0 spiro atoms. The molecule has 2 rings (SSSR count). The molecule has 0 aliphatic rings. The van der Waals surface area contributed by atoms with Crippen LogP contribution >= 0.6 is 31.9 Å². The van der Waals surface area contributed by atoms with Crippen molar-refractivity contribution in [3.05, 3.63) is 56.5 Å². The fourth-order valence-corrected chi connectivity index (χ4v) is 2.56. The number of rotatable bonds is 4. The molecule has 0 aliphatic heterocycles. The summed E-state index contributed by atoms with van der Waals surface area (Å²) in [5.41, 5.74) is 3.50. The largest absolute Gasteiger partial charge is 0.497 e. The van der Waals surface area contributed by atoms with Crippen LogP contribution in [0.1, 0.15) is 11.1 Å². The van der Waals surface area contributed by atoms with Crippen molar-refractivity contribution in [3.8, 4) is 5.75 Å². The van der Waals surface area contributed by atoms with Gasteiger partial charge in [-0.3, -0.25) is 0 Å². The van der Waals surface area contributed by atoms with Crippen LogP contribution in [0.25, 0.3) is 0 Å². The highest BCUT2D eigenvalue weighted by Gasteiger charge is 2.05. The molecule has 2 nitrogen and oxygen atoms in total. The number of hydrogen-bond donors (Lipinski definition) is 1. The molecule has 2 aromatic rings. The Kier molecular flexibility index (Phi) is 4.88. The van der Waals surface area contributed by atoms with Crippen LogP contribution in [0.5, 0.6) is 5.75 Å². The summed E-state index contributed by atoms with van der Waals surface area (Å²) in [6, 6.07) is 12.1. The van der Waals surface area contributed by atoms with E-state index in [1.165, 1.54) is 11.1 Å². The SMILES string of the molecule is COc1ccc(Br)c(CNc2cccc(Br)c2C)c1. The Morgan fingerprint density at radius 2 is 1.89 bits per heavy atom. The minimum atomic E-state index is 0.745. The third-order valence-corrected chi connectivity index (χ3v) is 4.62. The van der Waals surface area contributed by atoms with Crippen molar-refractivity contribution < 1.29 is 4.74 Å². The van der Waals surface area contributed by atoms with Gasteiger partial charge in [0.1, 0.15) is 5.75 Å². The number of hydrogen-bond acceptors (Lipinski definition) is 2. The minimum absolute atomic E-state index is 0.745. The Bertz CT molecular complexity index is 584. The van der Waals surface area contributed by atoms with E-state index in [0.717, 1.165) is 26.9 Å². The van der Waals surface area contributed by atoms with Gasteiger partial charge < -0.3 is 10.1 Å². The lowest BCUT2D eigenvalue weighted by Gasteiger charge is -2.12. The van der Waals surface area contributed by atoms with Crippen LogP contribution in [0, 0.1) is 6.92 Å². The first-order valence-electron chi connectivity index (χ1n) is 5.93. The quantitative estimate of drug-likeness (QED) is 0.787. The molecule has 0 saturated heterocycles. The molecule has 19 heavy (non-hydrogen) atoms. The topological polar surface area (TPSA) is 21.3 Å². The van der Waals surface area contributed by atoms with Crippen molar-refractivity contribution >= 4 is 37.5 Å². The number of methoxy groups -OCH3 is 1. The molecule has 0 saturated carbocycles. The Balaban J connectivity index is 2.16. The maximum Gasteiger partial charge on any atom is 0.119 e. The minimum Gasteiger partial charge on any atom is -0.497 e. The van der Waals surface area contributed by atoms with Gasteiger partial charge in [0, 0.05) is 21.2 Å². The standard InChI is InChI=1S/C15H15Br2NO/c1-10-13(16)4-3-5-15(10)18-9-11-8-12(19-2)6-7-14(11)17/h3-8,18H,9H2,1-2H3. The Morgan fingerprint density at radius 1 is 1.11 bits per heavy atom. The summed E-state index contributed by atoms with van der Waals surface area (Å²) in [4.78, 5) is 0. The van der Waals surface area contributed by atoms with E-state index in [-0.39, 0.29) is 0 Å². The Morgan fingerprint density at radius 3 is 2.63 bits per heavy atom. The molecule has 0 fully saturated rings. The summed E-state index contributed by atoms with van der Waals surface area (Å²) in [6.45, 7) is 2.84. The molecule has 0 aliphatic carbocycles. The van der Waals surface area contributed by atoms with Crippen molar-refractivity contribution in [1.82, 2.24) is 0 Å². The van der Waals surface area contributed by atoms with Gasteiger partial charge in [0.15, 0.2) is 0 Å². The van der Waals surface area contributed by atoms with E-state index in [9.17, 15) is 0 Å². The van der Waals surface area contributed by atoms with Crippen LogP contribution in [0.2, 0.25) is 0 Å². The zero-order valence-corrected chi connectivity index (χ0v) is 14.0. The third-order valence-electron chi connectivity index (χ3n) is 2.99. The van der Waals surface area contributed by atoms with Gasteiger partial charge in [0.05, 0.1) is 7.11 Å². The van der Waals surface area contributed by atoms with Gasteiger partial charge in [-0.2, -0.15) is 0 Å². The predicted molar refractivity (Wildman–Crippen MR) is 86.9 cm³/mol. The molecular weight excluding hydrogens is 370 g/mol. The summed E-state index contributed by atoms with van der Waals surface area (Å²) in [5, 5.41) is 3.45. The summed E-state index contributed by atoms with van der Waals surface area (Å²) < 4.78 is 7.44. The van der Waals surface area contributed by atoms with Crippen LogP contribution in [0.3, 0.4) is 0 Å². The molecule has 0 unspecified atom stereocenters. The van der Waals surface area contributed by atoms with Crippen molar-refractivity contribution in [2.75, 3.05) is 12.4 Å². The highest BCUT2D eigenvalue weighted by molar-refractivity contribution is 9.10. The molecule has 0 bridgehead atoms. The van der Waals surface area contributed by atoms with Crippen LogP contribution in [-0.2, 0) is 6.54 Å². The predicted octanol–water partition coefficient (Wildman–Crippen LogP) is 5.14. The molecule has 2 aromatic carbocycles. The molecule has 4 heteroatoms. The normalized spacial score (nSPS) is 10.3. The summed E-state index contributed by atoms with van der Waals surface area (Å²) in [7, 11) is 1.68. The second-order valence-corrected chi connectivity index (χ2v) is 5.93. The molecular formula is C15H15Br2NO. The van der Waals surface area contributed by atoms with Crippen molar-refractivity contribution in [2.24, 2.45) is 0 Å². The lowest BCUT2D eigenvalue weighted by atomic mass is 10.1. The van der Waals surface area contributed by atoms with Gasteiger partial charge in [-0.05, 0) is 48.4 Å². The van der Waals surface area contributed by atoms with Gasteiger partial charge in [0.2, 0.25) is 0 Å². The zero-order valence-electron chi connectivity index (χ0n) is 10.8. The fourth-order valence-electron chi connectivity index (χ4n) is 1.80. The molecule has 0 heterocycles. The molecule has 100 valence electrons. The van der Waals surface area contributed by atoms with Gasteiger partial charge in [-0.15, -0.1) is 0 Å². The summed E-state index contributed by atoms with van der Waals surface area (Å²) >= 11 is 7.10. The molecule has 0 amide bonds. The Labute approximate surface area is 130 Å². The van der Waals surface area contributed by atoms with E-state index in [4.69, 9.17) is 4.74 Å². The maximum atomic E-state index is 5.25. The van der Waals surface area contributed by atoms with Crippen LogP contribution < -0.4 is 10.1 Å². The second kappa shape index (κ2) is 6.44. The van der Waals surface area contributed by atoms with E-state index in [1.807, 2.05) is 30.3 Å². The van der Waals surface area contributed by atoms with Crippen molar-refractivity contribution in [3.63, 3.8) is 0 Å². The molecule has 1 N–H and O–H groups in total. The number of nitrogens with one attached hydrogen (secondary N) is 1. The van der Waals surface area contributed by atoms with E-state index in [0.29, 0.717) is 0 Å². The summed E-state index contributed by atoms with van der Waals surface area (Å²) in [6.07, 6.45) is 0. The van der Waals surface area contributed by atoms with Crippen LogP contribution in [0.4, 0.5) is 5.69 Å². The van der Waals surface area contributed by atoms with Gasteiger partial charge in [0.25, 0.3) is 0 Å². The zero-order chi connectivity index (χ0) is 13.8. The van der Waals surface area contributed by atoms with Gasteiger partial charge in [-0.1, -0.05) is 37.9 Å². The number of ether oxygens (including phenoxy) is 1. The first-order valence-corrected chi connectivity index (χ1v) is 7.52. The average Bonchev–Trinajstić information content (AvgIpc) is 2.42. The van der Waals surface area contributed by atoms with Crippen molar-refractivity contribution in [1.29, 1.82) is 0 Å². The average molecular weight is 385 g/mol. The highest BCUT2D eigenvalue weighted by Crippen LogP contribution is 2.26. The lowest BCUT2D eigenvalue weighted by molar-refractivity contribution is 0.414. The number of halogens is 2. The van der Waals surface area contributed by atoms with Gasteiger partial charge >= 0.3 is 0 Å². The third kappa shape index (κ3) is 3.51. The molecule has 0 radical (unpaired) electrons. The summed E-state index contributed by atoms with van der Waals surface area (Å²) in [5.74, 6) is 0.867. The van der Waals surface area contributed by atoms with Crippen LogP contribution in [0.15, 0.2) is 45.3 Å². The molecule has 0 aromatic heterocycles. The number of anilines is 1. The first-order chi connectivity index (χ1) is 9.11. The fraction of sp³-hybridized carbons (Fsp3) is 0.200. The monoisotopic (exact) mass is 383 g/mol. The van der Waals surface area contributed by atoms with E-state index in [2.05, 4.69) is 50.2 Å². The van der Waals surface area contributed by atoms with E-state index in [1.54, 1.807) is 7.11 Å². The van der Waals surface area contributed by atoms with E-state index >= 15 is 0 Å². The second-order valence-electron chi connectivity index (χ2n) is 4.22.